The van der Waals surface area contributed by atoms with E-state index in [-0.39, 0.29) is 12.0 Å². The van der Waals surface area contributed by atoms with Gasteiger partial charge in [-0.15, -0.1) is 0 Å². The summed E-state index contributed by atoms with van der Waals surface area (Å²) in [5.74, 6) is -0.0633. The van der Waals surface area contributed by atoms with Crippen molar-refractivity contribution in [3.05, 3.63) is 29.6 Å². The summed E-state index contributed by atoms with van der Waals surface area (Å²) in [6.07, 6.45) is 1.23. The average Bonchev–Trinajstić information content (AvgIpc) is 2.53. The molecule has 1 fully saturated rings. The highest BCUT2D eigenvalue weighted by Gasteiger charge is 2.25. The Labute approximate surface area is 117 Å². The van der Waals surface area contributed by atoms with Gasteiger partial charge in [0, 0.05) is 44.5 Å². The molecule has 7 heteroatoms. The first-order chi connectivity index (χ1) is 9.65. The molecule has 2 rings (SSSR count). The molecule has 0 bridgehead atoms. The number of pyridine rings is 1. The molecule has 1 saturated heterocycles. The van der Waals surface area contributed by atoms with E-state index < -0.39 is 0 Å². The van der Waals surface area contributed by atoms with Gasteiger partial charge in [0.15, 0.2) is 0 Å². The molecule has 0 radical (unpaired) electrons. The Kier molecular flexibility index (Phi) is 4.52. The maximum Gasteiger partial charge on any atom is 0.409 e. The molecule has 2 amide bonds. The minimum Gasteiger partial charge on any atom is -0.453 e. The summed E-state index contributed by atoms with van der Waals surface area (Å²) < 4.78 is 4.66. The monoisotopic (exact) mass is 278 g/mol. The Morgan fingerprint density at radius 3 is 2.55 bits per heavy atom. The minimum atomic E-state index is -0.355. The Hall–Kier alpha value is -2.15. The quantitative estimate of drug-likeness (QED) is 0.826. The fourth-order valence-corrected chi connectivity index (χ4v) is 2.13. The first-order valence-corrected chi connectivity index (χ1v) is 6.43. The van der Waals surface area contributed by atoms with Crippen molar-refractivity contribution in [3.8, 4) is 0 Å². The van der Waals surface area contributed by atoms with E-state index in [1.54, 1.807) is 28.1 Å². The topological polar surface area (TPSA) is 88.8 Å². The summed E-state index contributed by atoms with van der Waals surface area (Å²) in [5, 5.41) is 0. The van der Waals surface area contributed by atoms with Crippen LogP contribution in [0.4, 0.5) is 4.79 Å². The number of hydrogen-bond donors (Lipinski definition) is 1. The zero-order valence-electron chi connectivity index (χ0n) is 11.4. The molecule has 1 aliphatic heterocycles. The summed E-state index contributed by atoms with van der Waals surface area (Å²) in [7, 11) is 1.35. The zero-order chi connectivity index (χ0) is 14.5. The van der Waals surface area contributed by atoms with Gasteiger partial charge in [0.25, 0.3) is 5.91 Å². The smallest absolute Gasteiger partial charge is 0.409 e. The van der Waals surface area contributed by atoms with Gasteiger partial charge < -0.3 is 20.3 Å². The summed E-state index contributed by atoms with van der Waals surface area (Å²) in [4.78, 5) is 31.1. The van der Waals surface area contributed by atoms with Gasteiger partial charge >= 0.3 is 6.09 Å². The normalized spacial score (nSPS) is 15.1. The number of ether oxygens (including phenoxy) is 1. The standard InChI is InChI=1S/C13H18N4O3/c1-20-13(19)17-6-4-16(5-7-17)12(18)10-2-3-15-11(8-10)9-14/h2-3,8H,4-7,9,14H2,1H3. The number of carbonyl (C=O) groups is 2. The lowest BCUT2D eigenvalue weighted by atomic mass is 10.2. The fourth-order valence-electron chi connectivity index (χ4n) is 2.13. The second-order valence-electron chi connectivity index (χ2n) is 4.49. The van der Waals surface area contributed by atoms with Crippen molar-refractivity contribution >= 4 is 12.0 Å². The third kappa shape index (κ3) is 3.05. The highest BCUT2D eigenvalue weighted by Crippen LogP contribution is 2.10. The molecule has 2 heterocycles. The molecule has 2 N–H and O–H groups in total. The Morgan fingerprint density at radius 1 is 1.30 bits per heavy atom. The van der Waals surface area contributed by atoms with Gasteiger partial charge in [-0.1, -0.05) is 0 Å². The number of carbonyl (C=O) groups excluding carboxylic acids is 2. The van der Waals surface area contributed by atoms with E-state index >= 15 is 0 Å². The van der Waals surface area contributed by atoms with Gasteiger partial charge in [-0.3, -0.25) is 9.78 Å². The summed E-state index contributed by atoms with van der Waals surface area (Å²) >= 11 is 0. The second-order valence-corrected chi connectivity index (χ2v) is 4.49. The molecule has 1 aromatic heterocycles. The molecule has 0 spiro atoms. The summed E-state index contributed by atoms with van der Waals surface area (Å²) in [6, 6.07) is 3.38. The molecule has 0 atom stereocenters. The van der Waals surface area contributed by atoms with Crippen LogP contribution in [-0.4, -0.2) is 60.1 Å². The van der Waals surface area contributed by atoms with Crippen LogP contribution in [0.2, 0.25) is 0 Å². The zero-order valence-corrected chi connectivity index (χ0v) is 11.4. The van der Waals surface area contributed by atoms with Crippen LogP contribution in [0.25, 0.3) is 0 Å². The maximum absolute atomic E-state index is 12.3. The highest BCUT2D eigenvalue weighted by molar-refractivity contribution is 5.94. The number of amides is 2. The summed E-state index contributed by atoms with van der Waals surface area (Å²) in [5.41, 5.74) is 6.78. The van der Waals surface area contributed by atoms with Gasteiger partial charge in [0.1, 0.15) is 0 Å². The van der Waals surface area contributed by atoms with Gasteiger partial charge in [-0.05, 0) is 12.1 Å². The fraction of sp³-hybridized carbons (Fsp3) is 0.462. The molecule has 0 saturated carbocycles. The van der Waals surface area contributed by atoms with Gasteiger partial charge in [0.05, 0.1) is 12.8 Å². The lowest BCUT2D eigenvalue weighted by Gasteiger charge is -2.33. The van der Waals surface area contributed by atoms with Crippen LogP contribution in [0.15, 0.2) is 18.3 Å². The van der Waals surface area contributed by atoms with Crippen LogP contribution < -0.4 is 5.73 Å². The van der Waals surface area contributed by atoms with E-state index in [9.17, 15) is 9.59 Å². The van der Waals surface area contributed by atoms with Crippen LogP contribution in [0.1, 0.15) is 16.1 Å². The molecule has 0 unspecified atom stereocenters. The van der Waals surface area contributed by atoms with Gasteiger partial charge in [-0.2, -0.15) is 0 Å². The molecule has 1 aliphatic rings. The van der Waals surface area contributed by atoms with Crippen LogP contribution in [0.5, 0.6) is 0 Å². The highest BCUT2D eigenvalue weighted by atomic mass is 16.5. The molecule has 20 heavy (non-hydrogen) atoms. The van der Waals surface area contributed by atoms with E-state index in [0.29, 0.717) is 44.0 Å². The first kappa shape index (κ1) is 14.3. The van der Waals surface area contributed by atoms with Crippen molar-refractivity contribution in [2.75, 3.05) is 33.3 Å². The molecule has 7 nitrogen and oxygen atoms in total. The van der Waals surface area contributed by atoms with Crippen molar-refractivity contribution in [2.24, 2.45) is 5.73 Å². The minimum absolute atomic E-state index is 0.0633. The van der Waals surface area contributed by atoms with Crippen molar-refractivity contribution in [1.29, 1.82) is 0 Å². The molecule has 1 aromatic rings. The number of aromatic nitrogens is 1. The second kappa shape index (κ2) is 6.33. The molecule has 108 valence electrons. The van der Waals surface area contributed by atoms with E-state index in [1.165, 1.54) is 7.11 Å². The SMILES string of the molecule is COC(=O)N1CCN(C(=O)c2ccnc(CN)c2)CC1. The molecular formula is C13H18N4O3. The lowest BCUT2D eigenvalue weighted by Crippen LogP contribution is -2.50. The predicted molar refractivity (Wildman–Crippen MR) is 72.0 cm³/mol. The first-order valence-electron chi connectivity index (χ1n) is 6.43. The van der Waals surface area contributed by atoms with Crippen LogP contribution >= 0.6 is 0 Å². The Balaban J connectivity index is 1.99. The van der Waals surface area contributed by atoms with E-state index in [2.05, 4.69) is 9.72 Å². The van der Waals surface area contributed by atoms with Gasteiger partial charge in [-0.25, -0.2) is 4.79 Å². The number of piperazine rings is 1. The molecule has 0 aromatic carbocycles. The average molecular weight is 278 g/mol. The van der Waals surface area contributed by atoms with Crippen molar-refractivity contribution in [2.45, 2.75) is 6.54 Å². The Morgan fingerprint density at radius 2 is 1.95 bits per heavy atom. The number of rotatable bonds is 2. The van der Waals surface area contributed by atoms with E-state index in [4.69, 9.17) is 5.73 Å². The summed E-state index contributed by atoms with van der Waals surface area (Å²) in [6.45, 7) is 2.25. The van der Waals surface area contributed by atoms with E-state index in [1.807, 2.05) is 0 Å². The predicted octanol–water partition coefficient (Wildman–Crippen LogP) is 0.0645. The van der Waals surface area contributed by atoms with Gasteiger partial charge in [0.2, 0.25) is 0 Å². The largest absolute Gasteiger partial charge is 0.453 e. The molecular weight excluding hydrogens is 260 g/mol. The van der Waals surface area contributed by atoms with Crippen LogP contribution in [0, 0.1) is 0 Å². The van der Waals surface area contributed by atoms with Crippen molar-refractivity contribution < 1.29 is 14.3 Å². The number of hydrogen-bond acceptors (Lipinski definition) is 5. The molecule has 0 aliphatic carbocycles. The van der Waals surface area contributed by atoms with Crippen molar-refractivity contribution in [1.82, 2.24) is 14.8 Å². The van der Waals surface area contributed by atoms with Crippen LogP contribution in [-0.2, 0) is 11.3 Å². The third-order valence-electron chi connectivity index (χ3n) is 3.27. The third-order valence-corrected chi connectivity index (χ3v) is 3.27. The van der Waals surface area contributed by atoms with Crippen LogP contribution in [0.3, 0.4) is 0 Å². The number of nitrogens with two attached hydrogens (primary N) is 1. The number of methoxy groups -OCH3 is 1. The maximum atomic E-state index is 12.3. The lowest BCUT2D eigenvalue weighted by molar-refractivity contribution is 0.0599. The van der Waals surface area contributed by atoms with Crippen molar-refractivity contribution in [3.63, 3.8) is 0 Å². The van der Waals surface area contributed by atoms with E-state index in [0.717, 1.165) is 0 Å². The number of nitrogens with zero attached hydrogens (tertiary/aromatic N) is 3. The Bertz CT molecular complexity index is 498.